The van der Waals surface area contributed by atoms with Crippen LogP contribution in [0.5, 0.6) is 0 Å². The lowest BCUT2D eigenvalue weighted by molar-refractivity contribution is 0.581. The summed E-state index contributed by atoms with van der Waals surface area (Å²) in [5.41, 5.74) is 1.70. The van der Waals surface area contributed by atoms with E-state index in [1.807, 2.05) is 0 Å². The van der Waals surface area contributed by atoms with Crippen molar-refractivity contribution in [1.29, 1.82) is 0 Å². The van der Waals surface area contributed by atoms with Crippen LogP contribution in [0.4, 0.5) is 4.39 Å². The summed E-state index contributed by atoms with van der Waals surface area (Å²) in [5, 5.41) is 1.15. The van der Waals surface area contributed by atoms with Crippen molar-refractivity contribution in [1.82, 2.24) is 9.71 Å². The summed E-state index contributed by atoms with van der Waals surface area (Å²) >= 11 is 9.04. The van der Waals surface area contributed by atoms with E-state index < -0.39 is 10.0 Å². The van der Waals surface area contributed by atoms with Crippen LogP contribution in [0.2, 0.25) is 5.02 Å². The molecule has 0 aliphatic rings. The Labute approximate surface area is 158 Å². The van der Waals surface area contributed by atoms with E-state index in [-0.39, 0.29) is 17.3 Å². The molecule has 0 saturated heterocycles. The first kappa shape index (κ1) is 18.4. The van der Waals surface area contributed by atoms with Crippen LogP contribution < -0.4 is 4.72 Å². The molecule has 3 rings (SSSR count). The van der Waals surface area contributed by atoms with E-state index in [1.165, 1.54) is 30.3 Å². The molecular formula is C17H14BrClFN2O2S. The molecule has 1 heterocycles. The summed E-state index contributed by atoms with van der Waals surface area (Å²) in [6.45, 7) is 4.04. The maximum absolute atomic E-state index is 14.0. The Morgan fingerprint density at radius 1 is 1.24 bits per heavy atom. The van der Waals surface area contributed by atoms with E-state index in [0.29, 0.717) is 32.5 Å². The van der Waals surface area contributed by atoms with Gasteiger partial charge in [0.2, 0.25) is 10.0 Å². The van der Waals surface area contributed by atoms with E-state index in [0.717, 1.165) is 5.56 Å². The first-order valence-corrected chi connectivity index (χ1v) is 10.00. The minimum Gasteiger partial charge on any atom is -0.356 e. The van der Waals surface area contributed by atoms with Crippen LogP contribution in [0.1, 0.15) is 11.3 Å². The first-order chi connectivity index (χ1) is 11.8. The molecule has 1 radical (unpaired) electrons. The lowest BCUT2D eigenvalue weighted by Gasteiger charge is -2.07. The standard InChI is InChI=1S/C17H14BrClFN2O2S/c1-10-14(15-8-11(18)9-16(20)17(15)22-10)6-7-21-25(23,24)13-4-2-12(19)3-5-13/h2-5,8-9,21-22H,1,6-7H2. The summed E-state index contributed by atoms with van der Waals surface area (Å²) in [7, 11) is -3.64. The van der Waals surface area contributed by atoms with Gasteiger partial charge >= 0.3 is 0 Å². The summed E-state index contributed by atoms with van der Waals surface area (Å²) in [5.74, 6) is -0.387. The zero-order chi connectivity index (χ0) is 18.2. The molecule has 0 atom stereocenters. The Balaban J connectivity index is 1.79. The summed E-state index contributed by atoms with van der Waals surface area (Å²) in [6.07, 6.45) is 0.377. The zero-order valence-electron chi connectivity index (χ0n) is 12.9. The molecular weight excluding hydrogens is 431 g/mol. The number of H-pyrrole nitrogens is 1. The van der Waals surface area contributed by atoms with Gasteiger partial charge in [0, 0.05) is 27.1 Å². The summed E-state index contributed by atoms with van der Waals surface area (Å²) in [4.78, 5) is 3.05. The highest BCUT2D eigenvalue weighted by atomic mass is 79.9. The Morgan fingerprint density at radius 3 is 2.60 bits per heavy atom. The van der Waals surface area contributed by atoms with Crippen LogP contribution in [0.15, 0.2) is 45.8 Å². The molecule has 2 aromatic carbocycles. The summed E-state index contributed by atoms with van der Waals surface area (Å²) in [6, 6.07) is 9.07. The topological polar surface area (TPSA) is 62.0 Å². The van der Waals surface area contributed by atoms with Gasteiger partial charge in [-0.2, -0.15) is 0 Å². The maximum Gasteiger partial charge on any atom is 0.240 e. The Kier molecular flexibility index (Phi) is 5.20. The lowest BCUT2D eigenvalue weighted by Crippen LogP contribution is -2.26. The number of rotatable bonds is 5. The van der Waals surface area contributed by atoms with Crippen LogP contribution in [-0.2, 0) is 16.4 Å². The van der Waals surface area contributed by atoms with Gasteiger partial charge in [0.05, 0.1) is 10.4 Å². The number of nitrogens with one attached hydrogen (secondary N) is 2. The summed E-state index contributed by atoms with van der Waals surface area (Å²) < 4.78 is 41.7. The molecule has 0 fully saturated rings. The monoisotopic (exact) mass is 443 g/mol. The van der Waals surface area contributed by atoms with Crippen LogP contribution in [-0.4, -0.2) is 19.9 Å². The second-order valence-electron chi connectivity index (χ2n) is 5.49. The first-order valence-electron chi connectivity index (χ1n) is 7.35. The molecule has 0 saturated carbocycles. The van der Waals surface area contributed by atoms with Gasteiger partial charge in [0.1, 0.15) is 5.82 Å². The van der Waals surface area contributed by atoms with Gasteiger partial charge in [-0.1, -0.05) is 27.5 Å². The molecule has 0 unspecified atom stereocenters. The van der Waals surface area contributed by atoms with Gasteiger partial charge < -0.3 is 4.98 Å². The lowest BCUT2D eigenvalue weighted by atomic mass is 10.1. The number of fused-ring (bicyclic) bond motifs is 1. The second kappa shape index (κ2) is 7.07. The average molecular weight is 445 g/mol. The predicted molar refractivity (Wildman–Crippen MR) is 101 cm³/mol. The second-order valence-corrected chi connectivity index (χ2v) is 8.61. The van der Waals surface area contributed by atoms with Crippen molar-refractivity contribution >= 4 is 48.5 Å². The van der Waals surface area contributed by atoms with Crippen LogP contribution >= 0.6 is 27.5 Å². The van der Waals surface area contributed by atoms with Crippen LogP contribution in [0.25, 0.3) is 10.9 Å². The fraction of sp³-hybridized carbons (Fsp3) is 0.118. The third-order valence-corrected chi connectivity index (χ3v) is 6.00. The van der Waals surface area contributed by atoms with Crippen LogP contribution in [0, 0.1) is 12.7 Å². The SMILES string of the molecule is [CH2]c1[nH]c2c(F)cc(Br)cc2c1CCNS(=O)(=O)c1ccc(Cl)cc1. The van der Waals surface area contributed by atoms with E-state index in [1.54, 1.807) is 6.07 Å². The normalized spacial score (nSPS) is 12.0. The minimum atomic E-state index is -3.64. The predicted octanol–water partition coefficient (Wildman–Crippen LogP) is 4.43. The van der Waals surface area contributed by atoms with Crippen molar-refractivity contribution < 1.29 is 12.8 Å². The molecule has 0 aliphatic carbocycles. The van der Waals surface area contributed by atoms with Crippen molar-refractivity contribution in [2.24, 2.45) is 0 Å². The number of halogens is 3. The highest BCUT2D eigenvalue weighted by Crippen LogP contribution is 2.28. The van der Waals surface area contributed by atoms with Crippen molar-refractivity contribution in [2.45, 2.75) is 11.3 Å². The van der Waals surface area contributed by atoms with Gasteiger partial charge in [-0.25, -0.2) is 17.5 Å². The highest BCUT2D eigenvalue weighted by Gasteiger charge is 2.16. The maximum atomic E-state index is 14.0. The number of hydrogen-bond donors (Lipinski definition) is 2. The van der Waals surface area contributed by atoms with Gasteiger partial charge in [-0.05, 0) is 55.3 Å². The molecule has 131 valence electrons. The van der Waals surface area contributed by atoms with Gasteiger partial charge in [0.15, 0.2) is 0 Å². The third kappa shape index (κ3) is 3.89. The number of aromatic amines is 1. The average Bonchev–Trinajstić information content (AvgIpc) is 2.84. The Bertz CT molecular complexity index is 1030. The fourth-order valence-electron chi connectivity index (χ4n) is 2.62. The molecule has 8 heteroatoms. The largest absolute Gasteiger partial charge is 0.356 e. The number of benzene rings is 2. The molecule has 0 bridgehead atoms. The minimum absolute atomic E-state index is 0.138. The van der Waals surface area contributed by atoms with Crippen molar-refractivity contribution in [3.8, 4) is 0 Å². The molecule has 0 aliphatic heterocycles. The van der Waals surface area contributed by atoms with E-state index in [9.17, 15) is 12.8 Å². The molecule has 4 nitrogen and oxygen atoms in total. The van der Waals surface area contributed by atoms with E-state index >= 15 is 0 Å². The molecule has 2 N–H and O–H groups in total. The van der Waals surface area contributed by atoms with Crippen molar-refractivity contribution in [2.75, 3.05) is 6.54 Å². The fourth-order valence-corrected chi connectivity index (χ4v) is 4.21. The molecule has 3 aromatic rings. The van der Waals surface area contributed by atoms with Crippen LogP contribution in [0.3, 0.4) is 0 Å². The molecule has 1 aromatic heterocycles. The van der Waals surface area contributed by atoms with Gasteiger partial charge in [-0.15, -0.1) is 0 Å². The smallest absolute Gasteiger partial charge is 0.240 e. The van der Waals surface area contributed by atoms with E-state index in [2.05, 4.69) is 32.6 Å². The van der Waals surface area contributed by atoms with Crippen molar-refractivity contribution in [3.63, 3.8) is 0 Å². The molecule has 0 amide bonds. The molecule has 25 heavy (non-hydrogen) atoms. The number of sulfonamides is 1. The zero-order valence-corrected chi connectivity index (χ0v) is 16.1. The number of hydrogen-bond acceptors (Lipinski definition) is 2. The van der Waals surface area contributed by atoms with Crippen molar-refractivity contribution in [3.05, 3.63) is 69.9 Å². The highest BCUT2D eigenvalue weighted by molar-refractivity contribution is 9.10. The van der Waals surface area contributed by atoms with Gasteiger partial charge in [0.25, 0.3) is 0 Å². The molecule has 0 spiro atoms. The quantitative estimate of drug-likeness (QED) is 0.612. The van der Waals surface area contributed by atoms with E-state index in [4.69, 9.17) is 11.6 Å². The number of aromatic nitrogens is 1. The van der Waals surface area contributed by atoms with Gasteiger partial charge in [-0.3, -0.25) is 0 Å². The Hall–Kier alpha value is -1.41. The third-order valence-electron chi connectivity index (χ3n) is 3.81. The Morgan fingerprint density at radius 2 is 1.92 bits per heavy atom.